The summed E-state index contributed by atoms with van der Waals surface area (Å²) in [6.45, 7) is 0. The number of hydrogen-bond acceptors (Lipinski definition) is 4. The molecular formula is C16H17NO3. The maximum atomic E-state index is 10.0. The SMILES string of the molecule is COc1ccc(/C=C/C(O)c2ccccn2)c(OC)c1. The van der Waals surface area contributed by atoms with Gasteiger partial charge in [0, 0.05) is 17.8 Å². The highest BCUT2D eigenvalue weighted by Crippen LogP contribution is 2.26. The third-order valence-electron chi connectivity index (χ3n) is 2.89. The molecule has 1 aromatic heterocycles. The first-order chi connectivity index (χ1) is 9.74. The number of nitrogens with zero attached hydrogens (tertiary/aromatic N) is 1. The minimum atomic E-state index is -0.747. The van der Waals surface area contributed by atoms with Gasteiger partial charge in [-0.1, -0.05) is 12.1 Å². The first-order valence-corrected chi connectivity index (χ1v) is 6.24. The molecule has 0 saturated carbocycles. The molecule has 0 spiro atoms. The Bertz CT molecular complexity index is 582. The molecule has 0 aliphatic heterocycles. The van der Waals surface area contributed by atoms with Gasteiger partial charge in [0.1, 0.15) is 17.6 Å². The Labute approximate surface area is 118 Å². The molecule has 0 aliphatic rings. The Balaban J connectivity index is 2.19. The topological polar surface area (TPSA) is 51.6 Å². The molecular weight excluding hydrogens is 254 g/mol. The largest absolute Gasteiger partial charge is 0.497 e. The van der Waals surface area contributed by atoms with Crippen LogP contribution in [0.15, 0.2) is 48.7 Å². The number of methoxy groups -OCH3 is 2. The minimum Gasteiger partial charge on any atom is -0.497 e. The zero-order chi connectivity index (χ0) is 14.4. The predicted octanol–water partition coefficient (Wildman–Crippen LogP) is 2.85. The van der Waals surface area contributed by atoms with Crippen LogP contribution in [0.5, 0.6) is 11.5 Å². The van der Waals surface area contributed by atoms with Crippen LogP contribution < -0.4 is 9.47 Å². The molecule has 4 nitrogen and oxygen atoms in total. The molecule has 1 atom stereocenters. The van der Waals surface area contributed by atoms with E-state index in [0.29, 0.717) is 11.4 Å². The van der Waals surface area contributed by atoms with E-state index in [9.17, 15) is 5.11 Å². The van der Waals surface area contributed by atoms with Gasteiger partial charge in [-0.2, -0.15) is 0 Å². The van der Waals surface area contributed by atoms with Crippen LogP contribution in [0.1, 0.15) is 17.4 Å². The minimum absolute atomic E-state index is 0.608. The summed E-state index contributed by atoms with van der Waals surface area (Å²) in [4.78, 5) is 4.11. The molecule has 0 saturated heterocycles. The molecule has 1 heterocycles. The molecule has 0 fully saturated rings. The molecule has 1 unspecified atom stereocenters. The van der Waals surface area contributed by atoms with Crippen LogP contribution in [0.25, 0.3) is 6.08 Å². The summed E-state index contributed by atoms with van der Waals surface area (Å²) in [6, 6.07) is 10.9. The van der Waals surface area contributed by atoms with Gasteiger partial charge in [-0.05, 0) is 30.3 Å². The van der Waals surface area contributed by atoms with Gasteiger partial charge in [0.25, 0.3) is 0 Å². The van der Waals surface area contributed by atoms with Gasteiger partial charge < -0.3 is 14.6 Å². The molecule has 104 valence electrons. The van der Waals surface area contributed by atoms with E-state index < -0.39 is 6.10 Å². The lowest BCUT2D eigenvalue weighted by molar-refractivity contribution is 0.224. The molecule has 0 radical (unpaired) electrons. The third-order valence-corrected chi connectivity index (χ3v) is 2.89. The molecule has 1 aromatic carbocycles. The van der Waals surface area contributed by atoms with E-state index in [-0.39, 0.29) is 0 Å². The van der Waals surface area contributed by atoms with Crippen LogP contribution in [0.3, 0.4) is 0 Å². The summed E-state index contributed by atoms with van der Waals surface area (Å²) < 4.78 is 10.4. The van der Waals surface area contributed by atoms with Gasteiger partial charge in [-0.3, -0.25) is 4.98 Å². The van der Waals surface area contributed by atoms with Crippen molar-refractivity contribution in [2.75, 3.05) is 14.2 Å². The number of rotatable bonds is 5. The maximum Gasteiger partial charge on any atom is 0.129 e. The smallest absolute Gasteiger partial charge is 0.129 e. The van der Waals surface area contributed by atoms with Crippen molar-refractivity contribution in [2.24, 2.45) is 0 Å². The van der Waals surface area contributed by atoms with E-state index in [1.54, 1.807) is 44.7 Å². The average molecular weight is 271 g/mol. The lowest BCUT2D eigenvalue weighted by Crippen LogP contribution is -1.96. The van der Waals surface area contributed by atoms with E-state index in [2.05, 4.69) is 4.98 Å². The molecule has 0 aliphatic carbocycles. The highest BCUT2D eigenvalue weighted by Gasteiger charge is 2.05. The lowest BCUT2D eigenvalue weighted by Gasteiger charge is -2.08. The molecule has 20 heavy (non-hydrogen) atoms. The number of aliphatic hydroxyl groups is 1. The van der Waals surface area contributed by atoms with E-state index in [1.165, 1.54) is 0 Å². The highest BCUT2D eigenvalue weighted by molar-refractivity contribution is 5.59. The molecule has 0 bridgehead atoms. The second-order valence-electron chi connectivity index (χ2n) is 4.17. The van der Waals surface area contributed by atoms with E-state index >= 15 is 0 Å². The Hall–Kier alpha value is -2.33. The van der Waals surface area contributed by atoms with Gasteiger partial charge in [-0.25, -0.2) is 0 Å². The van der Waals surface area contributed by atoms with Gasteiger partial charge in [-0.15, -0.1) is 0 Å². The van der Waals surface area contributed by atoms with Crippen molar-refractivity contribution in [1.82, 2.24) is 4.98 Å². The van der Waals surface area contributed by atoms with Crippen molar-refractivity contribution >= 4 is 6.08 Å². The first kappa shape index (κ1) is 14.1. The highest BCUT2D eigenvalue weighted by atomic mass is 16.5. The third kappa shape index (κ3) is 3.36. The second kappa shape index (κ2) is 6.73. The number of benzene rings is 1. The van der Waals surface area contributed by atoms with E-state index in [1.807, 2.05) is 24.3 Å². The fourth-order valence-corrected chi connectivity index (χ4v) is 1.80. The number of aliphatic hydroxyl groups excluding tert-OH is 1. The molecule has 2 aromatic rings. The first-order valence-electron chi connectivity index (χ1n) is 6.24. The monoisotopic (exact) mass is 271 g/mol. The molecule has 4 heteroatoms. The van der Waals surface area contributed by atoms with Crippen LogP contribution in [0.4, 0.5) is 0 Å². The normalized spacial score (nSPS) is 12.3. The van der Waals surface area contributed by atoms with E-state index in [0.717, 1.165) is 11.3 Å². The fourth-order valence-electron chi connectivity index (χ4n) is 1.80. The zero-order valence-electron chi connectivity index (χ0n) is 11.5. The number of hydrogen-bond donors (Lipinski definition) is 1. The van der Waals surface area contributed by atoms with Crippen molar-refractivity contribution in [3.8, 4) is 11.5 Å². The standard InChI is InChI=1S/C16H17NO3/c1-19-13-8-6-12(16(11-13)20-2)7-9-15(18)14-5-3-4-10-17-14/h3-11,15,18H,1-2H3/b9-7+. The van der Waals surface area contributed by atoms with Crippen molar-refractivity contribution < 1.29 is 14.6 Å². The predicted molar refractivity (Wildman–Crippen MR) is 77.8 cm³/mol. The van der Waals surface area contributed by atoms with Crippen molar-refractivity contribution in [2.45, 2.75) is 6.10 Å². The quantitative estimate of drug-likeness (QED) is 0.908. The van der Waals surface area contributed by atoms with E-state index in [4.69, 9.17) is 9.47 Å². The fraction of sp³-hybridized carbons (Fsp3) is 0.188. The van der Waals surface area contributed by atoms with Gasteiger partial charge in [0.2, 0.25) is 0 Å². The summed E-state index contributed by atoms with van der Waals surface area (Å²) in [5.41, 5.74) is 1.47. The van der Waals surface area contributed by atoms with Crippen molar-refractivity contribution in [1.29, 1.82) is 0 Å². The van der Waals surface area contributed by atoms with Crippen LogP contribution >= 0.6 is 0 Å². The Morgan fingerprint density at radius 1 is 1.15 bits per heavy atom. The van der Waals surface area contributed by atoms with Gasteiger partial charge in [0.15, 0.2) is 0 Å². The summed E-state index contributed by atoms with van der Waals surface area (Å²) in [5.74, 6) is 1.41. The summed E-state index contributed by atoms with van der Waals surface area (Å²) in [6.07, 6.45) is 4.38. The number of aromatic nitrogens is 1. The van der Waals surface area contributed by atoms with Gasteiger partial charge >= 0.3 is 0 Å². The lowest BCUT2D eigenvalue weighted by atomic mass is 10.1. The summed E-state index contributed by atoms with van der Waals surface area (Å²) >= 11 is 0. The summed E-state index contributed by atoms with van der Waals surface area (Å²) in [7, 11) is 3.20. The van der Waals surface area contributed by atoms with Crippen LogP contribution in [0, 0.1) is 0 Å². The van der Waals surface area contributed by atoms with Crippen LogP contribution in [-0.2, 0) is 0 Å². The number of ether oxygens (including phenoxy) is 2. The van der Waals surface area contributed by atoms with Crippen molar-refractivity contribution in [3.05, 3.63) is 59.9 Å². The molecule has 2 rings (SSSR count). The zero-order valence-corrected chi connectivity index (χ0v) is 11.5. The Kier molecular flexibility index (Phi) is 4.74. The van der Waals surface area contributed by atoms with Crippen LogP contribution in [0.2, 0.25) is 0 Å². The maximum absolute atomic E-state index is 10.0. The summed E-state index contributed by atoms with van der Waals surface area (Å²) in [5, 5.41) is 10.0. The molecule has 0 amide bonds. The number of pyridine rings is 1. The Morgan fingerprint density at radius 3 is 2.65 bits per heavy atom. The van der Waals surface area contributed by atoms with Crippen molar-refractivity contribution in [3.63, 3.8) is 0 Å². The second-order valence-corrected chi connectivity index (χ2v) is 4.17. The molecule has 1 N–H and O–H groups in total. The van der Waals surface area contributed by atoms with Crippen LogP contribution in [-0.4, -0.2) is 24.3 Å². The van der Waals surface area contributed by atoms with Gasteiger partial charge in [0.05, 0.1) is 19.9 Å². The average Bonchev–Trinajstić information content (AvgIpc) is 2.53. The Morgan fingerprint density at radius 2 is 2.00 bits per heavy atom.